The Balaban J connectivity index is 1.53. The lowest BCUT2D eigenvalue weighted by atomic mass is 10.2. The Bertz CT molecular complexity index is 1200. The van der Waals surface area contributed by atoms with E-state index < -0.39 is 16.0 Å². The van der Waals surface area contributed by atoms with Crippen molar-refractivity contribution in [1.29, 1.82) is 0 Å². The highest BCUT2D eigenvalue weighted by molar-refractivity contribution is 7.90. The lowest BCUT2D eigenvalue weighted by Crippen LogP contribution is -2.27. The van der Waals surface area contributed by atoms with Crippen LogP contribution >= 0.6 is 0 Å². The van der Waals surface area contributed by atoms with Gasteiger partial charge in [0.05, 0.1) is 17.1 Å². The molecule has 3 aromatic rings. The zero-order valence-corrected chi connectivity index (χ0v) is 16.3. The predicted octanol–water partition coefficient (Wildman–Crippen LogP) is 2.20. The van der Waals surface area contributed by atoms with E-state index >= 15 is 0 Å². The summed E-state index contributed by atoms with van der Waals surface area (Å²) in [6.07, 6.45) is 0.507. The standard InChI is InChI=1S/C19H17N5O4S/c1-2-15-18(21-23-24(15)13-8-4-3-5-9-13)19(25)28-12-17-20-14-10-6-7-11-16(14)29(26,27)22-17/h3-11H,2,12H2,1H3,(H,20,22). The summed E-state index contributed by atoms with van der Waals surface area (Å²) < 4.78 is 35.0. The third-order valence-corrected chi connectivity index (χ3v) is 5.68. The second kappa shape index (κ2) is 7.47. The van der Waals surface area contributed by atoms with E-state index in [1.165, 1.54) is 6.07 Å². The first-order valence-corrected chi connectivity index (χ1v) is 10.3. The van der Waals surface area contributed by atoms with Crippen molar-refractivity contribution in [3.63, 3.8) is 0 Å². The number of ether oxygens (including phenoxy) is 1. The van der Waals surface area contributed by atoms with Crippen LogP contribution in [-0.4, -0.2) is 41.8 Å². The molecule has 29 heavy (non-hydrogen) atoms. The Hall–Kier alpha value is -3.53. The van der Waals surface area contributed by atoms with Crippen molar-refractivity contribution in [1.82, 2.24) is 15.0 Å². The number of hydrogen-bond donors (Lipinski definition) is 1. The van der Waals surface area contributed by atoms with E-state index in [0.29, 0.717) is 17.8 Å². The molecule has 1 N–H and O–H groups in total. The van der Waals surface area contributed by atoms with Crippen molar-refractivity contribution in [3.05, 3.63) is 66.0 Å². The Morgan fingerprint density at radius 3 is 2.59 bits per heavy atom. The third-order valence-electron chi connectivity index (χ3n) is 4.31. The molecule has 2 aromatic carbocycles. The zero-order chi connectivity index (χ0) is 20.4. The minimum Gasteiger partial charge on any atom is -0.453 e. The topological polar surface area (TPSA) is 116 Å². The average Bonchev–Trinajstić information content (AvgIpc) is 3.16. The fourth-order valence-corrected chi connectivity index (χ4v) is 4.12. The number of sulfonamides is 1. The smallest absolute Gasteiger partial charge is 0.361 e. The molecule has 0 atom stereocenters. The number of carbonyl (C=O) groups excluding carboxylic acids is 1. The number of aromatic nitrogens is 3. The van der Waals surface area contributed by atoms with Crippen LogP contribution in [0, 0.1) is 0 Å². The van der Waals surface area contributed by atoms with E-state index in [9.17, 15) is 13.2 Å². The number of fused-ring (bicyclic) bond motifs is 1. The van der Waals surface area contributed by atoms with Crippen LogP contribution in [0.25, 0.3) is 5.69 Å². The minimum absolute atomic E-state index is 0.0190. The van der Waals surface area contributed by atoms with E-state index in [0.717, 1.165) is 5.69 Å². The van der Waals surface area contributed by atoms with Crippen molar-refractivity contribution in [3.8, 4) is 5.69 Å². The average molecular weight is 411 g/mol. The normalized spacial score (nSPS) is 14.4. The summed E-state index contributed by atoms with van der Waals surface area (Å²) in [7, 11) is -3.85. The zero-order valence-electron chi connectivity index (χ0n) is 15.4. The monoisotopic (exact) mass is 411 g/mol. The van der Waals surface area contributed by atoms with Gasteiger partial charge in [-0.05, 0) is 30.7 Å². The molecule has 0 radical (unpaired) electrons. The number of carbonyl (C=O) groups is 1. The van der Waals surface area contributed by atoms with Gasteiger partial charge in [-0.25, -0.2) is 9.48 Å². The fourth-order valence-electron chi connectivity index (χ4n) is 2.99. The first-order chi connectivity index (χ1) is 14.0. The van der Waals surface area contributed by atoms with Crippen LogP contribution in [0.4, 0.5) is 5.69 Å². The van der Waals surface area contributed by atoms with E-state index in [-0.39, 0.29) is 23.0 Å². The maximum atomic E-state index is 12.5. The van der Waals surface area contributed by atoms with Crippen molar-refractivity contribution >= 4 is 27.5 Å². The van der Waals surface area contributed by atoms with Gasteiger partial charge in [-0.1, -0.05) is 42.5 Å². The Labute approximate surface area is 167 Å². The highest BCUT2D eigenvalue weighted by Gasteiger charge is 2.26. The maximum absolute atomic E-state index is 12.5. The van der Waals surface area contributed by atoms with Crippen LogP contribution in [0.3, 0.4) is 0 Å². The van der Waals surface area contributed by atoms with E-state index in [2.05, 4.69) is 20.0 Å². The maximum Gasteiger partial charge on any atom is 0.361 e. The van der Waals surface area contributed by atoms with Gasteiger partial charge < -0.3 is 10.1 Å². The molecule has 9 nitrogen and oxygen atoms in total. The quantitative estimate of drug-likeness (QED) is 0.640. The van der Waals surface area contributed by atoms with Gasteiger partial charge in [0, 0.05) is 0 Å². The van der Waals surface area contributed by atoms with Gasteiger partial charge in [0.25, 0.3) is 10.0 Å². The number of esters is 1. The summed E-state index contributed by atoms with van der Waals surface area (Å²) in [6.45, 7) is 1.54. The summed E-state index contributed by atoms with van der Waals surface area (Å²) >= 11 is 0. The summed E-state index contributed by atoms with van der Waals surface area (Å²) in [6, 6.07) is 15.7. The second-order valence-electron chi connectivity index (χ2n) is 6.20. The molecule has 0 saturated heterocycles. The van der Waals surface area contributed by atoms with Gasteiger partial charge in [0.15, 0.2) is 18.1 Å². The Morgan fingerprint density at radius 2 is 1.83 bits per heavy atom. The van der Waals surface area contributed by atoms with Crippen LogP contribution in [0.15, 0.2) is 63.9 Å². The van der Waals surface area contributed by atoms with Crippen LogP contribution in [0.5, 0.6) is 0 Å². The minimum atomic E-state index is -3.85. The van der Waals surface area contributed by atoms with Crippen LogP contribution in [-0.2, 0) is 21.2 Å². The molecular weight excluding hydrogens is 394 g/mol. The predicted molar refractivity (Wildman–Crippen MR) is 106 cm³/mol. The van der Waals surface area contributed by atoms with E-state index in [1.54, 1.807) is 22.9 Å². The second-order valence-corrected chi connectivity index (χ2v) is 7.77. The molecule has 0 bridgehead atoms. The molecule has 0 spiro atoms. The van der Waals surface area contributed by atoms with Gasteiger partial charge in [-0.2, -0.15) is 8.42 Å². The highest BCUT2D eigenvalue weighted by Crippen LogP contribution is 2.26. The van der Waals surface area contributed by atoms with Crippen LogP contribution in [0.1, 0.15) is 23.1 Å². The Morgan fingerprint density at radius 1 is 1.10 bits per heavy atom. The first kappa shape index (κ1) is 18.8. The van der Waals surface area contributed by atoms with Crippen LogP contribution < -0.4 is 5.32 Å². The van der Waals surface area contributed by atoms with Gasteiger partial charge in [0.1, 0.15) is 4.90 Å². The molecule has 10 heteroatoms. The number of nitrogens with one attached hydrogen (secondary N) is 1. The van der Waals surface area contributed by atoms with E-state index in [1.807, 2.05) is 37.3 Å². The van der Waals surface area contributed by atoms with E-state index in [4.69, 9.17) is 4.74 Å². The molecule has 0 amide bonds. The first-order valence-electron chi connectivity index (χ1n) is 8.86. The highest BCUT2D eigenvalue weighted by atomic mass is 32.2. The molecule has 0 fully saturated rings. The number of para-hydroxylation sites is 2. The lowest BCUT2D eigenvalue weighted by molar-refractivity contribution is 0.0555. The SMILES string of the molecule is CCc1c(C(=O)OCC2=NS(=O)(=O)c3ccccc3N2)nnn1-c1ccccc1. The molecule has 0 unspecified atom stereocenters. The van der Waals surface area contributed by atoms with Crippen molar-refractivity contribution in [2.24, 2.45) is 4.40 Å². The number of nitrogens with zero attached hydrogens (tertiary/aromatic N) is 4. The molecule has 1 aliphatic rings. The van der Waals surface area contributed by atoms with Crippen molar-refractivity contribution < 1.29 is 17.9 Å². The van der Waals surface area contributed by atoms with Crippen molar-refractivity contribution in [2.45, 2.75) is 18.2 Å². The number of anilines is 1. The van der Waals surface area contributed by atoms with Gasteiger partial charge in [-0.3, -0.25) is 0 Å². The van der Waals surface area contributed by atoms with Gasteiger partial charge in [0.2, 0.25) is 0 Å². The molecule has 1 aliphatic heterocycles. The summed E-state index contributed by atoms with van der Waals surface area (Å²) in [4.78, 5) is 12.6. The summed E-state index contributed by atoms with van der Waals surface area (Å²) in [5.74, 6) is -0.685. The molecule has 0 saturated carbocycles. The van der Waals surface area contributed by atoms with Gasteiger partial charge in [-0.15, -0.1) is 9.50 Å². The largest absolute Gasteiger partial charge is 0.453 e. The number of rotatable bonds is 5. The molecule has 2 heterocycles. The van der Waals surface area contributed by atoms with Crippen molar-refractivity contribution in [2.75, 3.05) is 11.9 Å². The molecule has 4 rings (SSSR count). The Kier molecular flexibility index (Phi) is 4.85. The summed E-state index contributed by atoms with van der Waals surface area (Å²) in [5.41, 5.74) is 1.84. The summed E-state index contributed by atoms with van der Waals surface area (Å²) in [5, 5.41) is 10.9. The third kappa shape index (κ3) is 3.61. The number of benzene rings is 2. The number of amidine groups is 1. The lowest BCUT2D eigenvalue weighted by Gasteiger charge is -2.17. The molecule has 148 valence electrons. The van der Waals surface area contributed by atoms with Gasteiger partial charge >= 0.3 is 5.97 Å². The molecule has 0 aliphatic carbocycles. The fraction of sp³-hybridized carbons (Fsp3) is 0.158. The molecule has 1 aromatic heterocycles. The molecular formula is C19H17N5O4S. The number of hydrogen-bond acceptors (Lipinski definition) is 7. The van der Waals surface area contributed by atoms with Crippen LogP contribution in [0.2, 0.25) is 0 Å².